The van der Waals surface area contributed by atoms with Gasteiger partial charge in [0.05, 0.1) is 12.5 Å². The number of nitrogens with zero attached hydrogens (tertiary/aromatic N) is 1. The molecule has 4 atom stereocenters. The lowest BCUT2D eigenvalue weighted by molar-refractivity contribution is -0.144. The van der Waals surface area contributed by atoms with E-state index in [-0.39, 0.29) is 37.5 Å². The van der Waals surface area contributed by atoms with E-state index < -0.39 is 79.0 Å². The number of guanidine groups is 1. The number of carbonyl (C=O) groups is 6. The molecule has 4 unspecified atom stereocenters. The minimum atomic E-state index is -1.72. The number of hydrogen-bond acceptors (Lipinski definition) is 9. The van der Waals surface area contributed by atoms with Crippen molar-refractivity contribution in [2.24, 2.45) is 27.9 Å². The summed E-state index contributed by atoms with van der Waals surface area (Å²) in [4.78, 5) is 76.3. The van der Waals surface area contributed by atoms with Gasteiger partial charge in [-0.15, -0.1) is 0 Å². The first kappa shape index (κ1) is 34.1. The van der Waals surface area contributed by atoms with Crippen LogP contribution in [0.5, 0.6) is 5.75 Å². The quantitative estimate of drug-likeness (QED) is 0.0461. The number of carboxylic acid groups (broad SMARTS) is 2. The van der Waals surface area contributed by atoms with E-state index in [2.05, 4.69) is 20.9 Å². The highest BCUT2D eigenvalue weighted by Crippen LogP contribution is 2.11. The summed E-state index contributed by atoms with van der Waals surface area (Å²) >= 11 is 0. The van der Waals surface area contributed by atoms with Crippen LogP contribution in [0.15, 0.2) is 29.3 Å². The van der Waals surface area contributed by atoms with Crippen LogP contribution >= 0.6 is 0 Å². The maximum absolute atomic E-state index is 13.2. The molecular formula is C24H36N8O9. The van der Waals surface area contributed by atoms with Gasteiger partial charge in [-0.25, -0.2) is 4.79 Å². The number of amides is 4. The second-order valence-electron chi connectivity index (χ2n) is 9.05. The molecule has 0 saturated carbocycles. The van der Waals surface area contributed by atoms with Gasteiger partial charge in [-0.1, -0.05) is 12.1 Å². The van der Waals surface area contributed by atoms with E-state index in [4.69, 9.17) is 28.0 Å². The molecule has 1 aromatic carbocycles. The molecule has 0 spiro atoms. The molecular weight excluding hydrogens is 544 g/mol. The Balaban J connectivity index is 3.08. The van der Waals surface area contributed by atoms with Gasteiger partial charge in [0.15, 0.2) is 5.96 Å². The third kappa shape index (κ3) is 13.6. The van der Waals surface area contributed by atoms with Gasteiger partial charge in [0, 0.05) is 13.0 Å². The number of hydrogen-bond donors (Lipinski definition) is 10. The number of phenols is 1. The maximum Gasteiger partial charge on any atom is 0.326 e. The third-order valence-corrected chi connectivity index (χ3v) is 5.61. The average molecular weight is 581 g/mol. The summed E-state index contributed by atoms with van der Waals surface area (Å²) < 4.78 is 0. The van der Waals surface area contributed by atoms with Crippen molar-refractivity contribution < 1.29 is 44.1 Å². The highest BCUT2D eigenvalue weighted by Gasteiger charge is 2.31. The highest BCUT2D eigenvalue weighted by molar-refractivity contribution is 5.95. The Bertz CT molecular complexity index is 1120. The van der Waals surface area contributed by atoms with Crippen molar-refractivity contribution in [1.29, 1.82) is 0 Å². The van der Waals surface area contributed by atoms with Crippen molar-refractivity contribution in [2.45, 2.75) is 62.7 Å². The fourth-order valence-electron chi connectivity index (χ4n) is 3.51. The number of carboxylic acids is 2. The van der Waals surface area contributed by atoms with Gasteiger partial charge >= 0.3 is 11.9 Å². The van der Waals surface area contributed by atoms with Gasteiger partial charge in [0.2, 0.25) is 23.6 Å². The van der Waals surface area contributed by atoms with Gasteiger partial charge < -0.3 is 54.2 Å². The normalized spacial score (nSPS) is 13.5. The predicted molar refractivity (Wildman–Crippen MR) is 144 cm³/mol. The van der Waals surface area contributed by atoms with Crippen LogP contribution in [-0.4, -0.2) is 87.6 Å². The van der Waals surface area contributed by atoms with E-state index in [0.717, 1.165) is 0 Å². The fourth-order valence-corrected chi connectivity index (χ4v) is 3.51. The van der Waals surface area contributed by atoms with Gasteiger partial charge in [0.1, 0.15) is 23.9 Å². The predicted octanol–water partition coefficient (Wildman–Crippen LogP) is -3.41. The van der Waals surface area contributed by atoms with Crippen LogP contribution in [0.3, 0.4) is 0 Å². The van der Waals surface area contributed by atoms with Crippen LogP contribution in [-0.2, 0) is 35.2 Å². The third-order valence-electron chi connectivity index (χ3n) is 5.61. The molecule has 0 radical (unpaired) electrons. The molecule has 0 bridgehead atoms. The number of rotatable bonds is 18. The summed E-state index contributed by atoms with van der Waals surface area (Å²) in [6.07, 6.45) is -1.52. The van der Waals surface area contributed by atoms with E-state index in [1.54, 1.807) is 12.1 Å². The number of phenolic OH excluding ortho intramolecular Hbond substituents is 1. The van der Waals surface area contributed by atoms with E-state index in [1.807, 2.05) is 0 Å². The first-order valence-corrected chi connectivity index (χ1v) is 12.4. The van der Waals surface area contributed by atoms with Crippen molar-refractivity contribution in [1.82, 2.24) is 16.0 Å². The Hall–Kier alpha value is -4.93. The molecule has 41 heavy (non-hydrogen) atoms. The molecule has 226 valence electrons. The maximum atomic E-state index is 13.2. The van der Waals surface area contributed by atoms with E-state index >= 15 is 0 Å². The number of aliphatic imine (C=N–C) groups is 1. The highest BCUT2D eigenvalue weighted by atomic mass is 16.4. The second kappa shape index (κ2) is 16.9. The zero-order valence-electron chi connectivity index (χ0n) is 22.1. The number of nitrogens with two attached hydrogens (primary N) is 4. The Labute approximate surface area is 234 Å². The largest absolute Gasteiger partial charge is 0.508 e. The standard InChI is InChI=1S/C24H36N8O9/c25-14(10-12-3-5-13(33)6-4-12)20(37)30-15(2-1-9-29-24(27)28)21(38)31-16(7-8-19(35)36)22(39)32-17(23(40)41)11-18(26)34/h3-6,14-17,33H,1-2,7-11,25H2,(H2,26,34)(H,30,37)(H,31,38)(H,32,39)(H,35,36)(H,40,41)(H4,27,28,29). The summed E-state index contributed by atoms with van der Waals surface area (Å²) in [6, 6.07) is 0.314. The molecule has 0 aromatic heterocycles. The lowest BCUT2D eigenvalue weighted by Crippen LogP contribution is -2.57. The van der Waals surface area contributed by atoms with E-state index in [1.165, 1.54) is 12.1 Å². The molecule has 17 heteroatoms. The molecule has 0 aliphatic rings. The molecule has 14 N–H and O–H groups in total. The van der Waals surface area contributed by atoms with Crippen molar-refractivity contribution >= 4 is 41.5 Å². The van der Waals surface area contributed by atoms with Gasteiger partial charge in [-0.05, 0) is 43.4 Å². The molecule has 0 heterocycles. The van der Waals surface area contributed by atoms with Crippen LogP contribution in [0.2, 0.25) is 0 Å². The van der Waals surface area contributed by atoms with Crippen molar-refractivity contribution in [3.05, 3.63) is 29.8 Å². The zero-order valence-corrected chi connectivity index (χ0v) is 22.1. The first-order valence-electron chi connectivity index (χ1n) is 12.4. The van der Waals surface area contributed by atoms with Crippen LogP contribution in [0.1, 0.15) is 37.7 Å². The minimum Gasteiger partial charge on any atom is -0.508 e. The second-order valence-corrected chi connectivity index (χ2v) is 9.05. The number of benzene rings is 1. The van der Waals surface area contributed by atoms with Crippen LogP contribution < -0.4 is 38.9 Å². The van der Waals surface area contributed by atoms with Crippen molar-refractivity contribution in [3.63, 3.8) is 0 Å². The Morgan fingerprint density at radius 2 is 1.34 bits per heavy atom. The topological polar surface area (TPSA) is 316 Å². The fraction of sp³-hybridized carbons (Fsp3) is 0.458. The number of aromatic hydroxyl groups is 1. The van der Waals surface area contributed by atoms with Gasteiger partial charge in [-0.2, -0.15) is 0 Å². The summed E-state index contributed by atoms with van der Waals surface area (Å²) in [7, 11) is 0. The first-order chi connectivity index (χ1) is 19.2. The minimum absolute atomic E-state index is 0.0209. The summed E-state index contributed by atoms with van der Waals surface area (Å²) in [5.74, 6) is -6.76. The molecule has 4 amide bonds. The average Bonchev–Trinajstić information content (AvgIpc) is 2.88. The molecule has 0 aliphatic carbocycles. The summed E-state index contributed by atoms with van der Waals surface area (Å²) in [5, 5.41) is 34.6. The smallest absolute Gasteiger partial charge is 0.326 e. The van der Waals surface area contributed by atoms with Crippen LogP contribution in [0, 0.1) is 0 Å². The van der Waals surface area contributed by atoms with E-state index in [9.17, 15) is 39.0 Å². The molecule has 0 aliphatic heterocycles. The molecule has 0 saturated heterocycles. The van der Waals surface area contributed by atoms with Crippen molar-refractivity contribution in [2.75, 3.05) is 6.54 Å². The monoisotopic (exact) mass is 580 g/mol. The number of primary amides is 1. The zero-order chi connectivity index (χ0) is 31.1. The molecule has 1 aromatic rings. The van der Waals surface area contributed by atoms with Crippen LogP contribution in [0.4, 0.5) is 0 Å². The number of nitrogens with one attached hydrogen (secondary N) is 3. The Morgan fingerprint density at radius 1 is 0.805 bits per heavy atom. The molecule has 0 fully saturated rings. The SMILES string of the molecule is NC(=O)CC(NC(=O)C(CCC(=O)O)NC(=O)C(CCCN=C(N)N)NC(=O)C(N)Cc1ccc(O)cc1)C(=O)O. The molecule has 17 nitrogen and oxygen atoms in total. The lowest BCUT2D eigenvalue weighted by atomic mass is 10.0. The van der Waals surface area contributed by atoms with Crippen molar-refractivity contribution in [3.8, 4) is 5.75 Å². The van der Waals surface area contributed by atoms with Crippen LogP contribution in [0.25, 0.3) is 0 Å². The lowest BCUT2D eigenvalue weighted by Gasteiger charge is -2.25. The Morgan fingerprint density at radius 3 is 1.85 bits per heavy atom. The number of carbonyl (C=O) groups excluding carboxylic acids is 4. The number of aliphatic carboxylic acids is 2. The van der Waals surface area contributed by atoms with E-state index in [0.29, 0.717) is 5.56 Å². The summed E-state index contributed by atoms with van der Waals surface area (Å²) in [6.45, 7) is 0.0951. The summed E-state index contributed by atoms with van der Waals surface area (Å²) in [5.41, 5.74) is 22.3. The Kier molecular flexibility index (Phi) is 14.1. The van der Waals surface area contributed by atoms with Gasteiger partial charge in [-0.3, -0.25) is 29.0 Å². The van der Waals surface area contributed by atoms with Gasteiger partial charge in [0.25, 0.3) is 0 Å². The molecule has 1 rings (SSSR count).